The van der Waals surface area contributed by atoms with Crippen LogP contribution in [0.2, 0.25) is 0 Å². The highest BCUT2D eigenvalue weighted by atomic mass is 16.5. The number of carbonyl (C=O) groups is 3. The summed E-state index contributed by atoms with van der Waals surface area (Å²) in [6.07, 6.45) is 1.17. The van der Waals surface area contributed by atoms with Crippen molar-refractivity contribution in [2.75, 3.05) is 20.7 Å². The Labute approximate surface area is 163 Å². The lowest BCUT2D eigenvalue weighted by Crippen LogP contribution is -2.64. The number of amides is 3. The zero-order valence-electron chi connectivity index (χ0n) is 16.0. The van der Waals surface area contributed by atoms with Crippen molar-refractivity contribution in [3.63, 3.8) is 0 Å². The molecule has 0 fully saturated rings. The van der Waals surface area contributed by atoms with E-state index >= 15 is 0 Å². The Bertz CT molecular complexity index is 825. The minimum atomic E-state index is -1.94. The third kappa shape index (κ3) is 5.34. The predicted molar refractivity (Wildman–Crippen MR) is 102 cm³/mol. The summed E-state index contributed by atoms with van der Waals surface area (Å²) < 4.78 is 0. The van der Waals surface area contributed by atoms with E-state index in [-0.39, 0.29) is 12.2 Å². The van der Waals surface area contributed by atoms with Gasteiger partial charge in [0, 0.05) is 38.2 Å². The van der Waals surface area contributed by atoms with Crippen LogP contribution in [0.4, 0.5) is 0 Å². The summed E-state index contributed by atoms with van der Waals surface area (Å²) in [6, 6.07) is 6.27. The molecule has 1 aromatic rings. The normalized spacial score (nSPS) is 11.6. The van der Waals surface area contributed by atoms with Gasteiger partial charge in [-0.25, -0.2) is 5.48 Å². The number of aliphatic hydroxyl groups is 1. The number of aliphatic hydroxyl groups excluding tert-OH is 1. The number of hydrogen-bond donors (Lipinski definition) is 4. The molecule has 3 amide bonds. The van der Waals surface area contributed by atoms with Crippen molar-refractivity contribution in [3.05, 3.63) is 35.4 Å². The number of hydrogen-bond acceptors (Lipinski definition) is 5. The molecule has 148 valence electrons. The second-order valence-corrected chi connectivity index (χ2v) is 5.91. The first-order chi connectivity index (χ1) is 13.3. The molecule has 1 aromatic carbocycles. The van der Waals surface area contributed by atoms with E-state index in [1.54, 1.807) is 12.1 Å². The third-order valence-electron chi connectivity index (χ3n) is 4.14. The Hall–Kier alpha value is -3.33. The molecule has 0 saturated carbocycles. The van der Waals surface area contributed by atoms with Gasteiger partial charge in [0.2, 0.25) is 0 Å². The zero-order valence-corrected chi connectivity index (χ0v) is 16.0. The number of carbonyl (C=O) groups excluding carboxylic acids is 3. The number of nitrogens with zero attached hydrogens (tertiary/aromatic N) is 1. The molecule has 8 nitrogen and oxygen atoms in total. The number of rotatable bonds is 6. The van der Waals surface area contributed by atoms with Gasteiger partial charge in [0.25, 0.3) is 17.7 Å². The van der Waals surface area contributed by atoms with Crippen molar-refractivity contribution >= 4 is 17.7 Å². The smallest absolute Gasteiger partial charge is 0.278 e. The van der Waals surface area contributed by atoms with Gasteiger partial charge in [-0.2, -0.15) is 0 Å². The van der Waals surface area contributed by atoms with E-state index in [9.17, 15) is 14.4 Å². The van der Waals surface area contributed by atoms with Gasteiger partial charge in [0.15, 0.2) is 5.54 Å². The van der Waals surface area contributed by atoms with E-state index in [4.69, 9.17) is 10.3 Å². The Morgan fingerprint density at radius 1 is 1.14 bits per heavy atom. The summed E-state index contributed by atoms with van der Waals surface area (Å²) in [5, 5.41) is 19.9. The van der Waals surface area contributed by atoms with Crippen LogP contribution in [0.1, 0.15) is 35.7 Å². The first kappa shape index (κ1) is 22.7. The highest BCUT2D eigenvalue weighted by molar-refractivity contribution is 6.12. The highest BCUT2D eigenvalue weighted by Gasteiger charge is 2.47. The topological polar surface area (TPSA) is 119 Å². The summed E-state index contributed by atoms with van der Waals surface area (Å²) in [5.74, 6) is 8.62. The maximum absolute atomic E-state index is 12.7. The Morgan fingerprint density at radius 3 is 2.32 bits per heavy atom. The van der Waals surface area contributed by atoms with Crippen molar-refractivity contribution in [2.45, 2.75) is 25.3 Å². The molecule has 0 aromatic heterocycles. The van der Waals surface area contributed by atoms with E-state index in [1.807, 2.05) is 0 Å². The average Bonchev–Trinajstić information content (AvgIpc) is 2.73. The van der Waals surface area contributed by atoms with Gasteiger partial charge in [0.05, 0.1) is 0 Å². The SMILES string of the molecule is CNC(=O)C(C)(C(=O)NO)N(C)C(=O)c1ccc(C#CC#CCCCO)cc1. The lowest BCUT2D eigenvalue weighted by atomic mass is 9.96. The van der Waals surface area contributed by atoms with Crippen LogP contribution in [-0.2, 0) is 9.59 Å². The quantitative estimate of drug-likeness (QED) is 0.179. The molecular weight excluding hydrogens is 362 g/mol. The van der Waals surface area contributed by atoms with Crippen LogP contribution in [0.15, 0.2) is 24.3 Å². The summed E-state index contributed by atoms with van der Waals surface area (Å²) in [6.45, 7) is 1.32. The second-order valence-electron chi connectivity index (χ2n) is 5.91. The molecule has 0 aliphatic carbocycles. The van der Waals surface area contributed by atoms with E-state index in [2.05, 4.69) is 29.0 Å². The Morgan fingerprint density at radius 2 is 1.79 bits per heavy atom. The third-order valence-corrected chi connectivity index (χ3v) is 4.14. The number of nitrogens with one attached hydrogen (secondary N) is 2. The molecule has 0 spiro atoms. The van der Waals surface area contributed by atoms with Crippen molar-refractivity contribution in [1.82, 2.24) is 15.7 Å². The minimum absolute atomic E-state index is 0.0883. The van der Waals surface area contributed by atoms with Crippen LogP contribution in [0.3, 0.4) is 0 Å². The summed E-state index contributed by atoms with van der Waals surface area (Å²) in [5.41, 5.74) is 0.354. The van der Waals surface area contributed by atoms with Gasteiger partial charge in [-0.3, -0.25) is 19.6 Å². The molecule has 0 heterocycles. The predicted octanol–water partition coefficient (Wildman–Crippen LogP) is -0.104. The maximum atomic E-state index is 12.7. The standard InChI is InChI=1S/C20H23N3O5/c1-20(18(26)21-2,19(27)22-28)23(3)17(25)16-12-10-15(11-13-16)9-7-5-4-6-8-14-24/h10-13,24,28H,6,8,14H2,1-3H3,(H,21,26)(H,22,27). The largest absolute Gasteiger partial charge is 0.396 e. The van der Waals surface area contributed by atoms with Gasteiger partial charge in [-0.15, -0.1) is 0 Å². The van der Waals surface area contributed by atoms with Crippen LogP contribution < -0.4 is 10.8 Å². The fraction of sp³-hybridized carbons (Fsp3) is 0.350. The van der Waals surface area contributed by atoms with Crippen LogP contribution in [0.5, 0.6) is 0 Å². The number of likely N-dealkylation sites (N-methyl/N-ethyl adjacent to an activating group) is 2. The Kier molecular flexibility index (Phi) is 8.70. The molecule has 0 aliphatic rings. The molecule has 0 radical (unpaired) electrons. The molecule has 8 heteroatoms. The van der Waals surface area contributed by atoms with Crippen LogP contribution in [-0.4, -0.2) is 59.2 Å². The van der Waals surface area contributed by atoms with E-state index in [1.165, 1.54) is 38.6 Å². The minimum Gasteiger partial charge on any atom is -0.396 e. The van der Waals surface area contributed by atoms with E-state index in [0.717, 1.165) is 4.90 Å². The number of benzene rings is 1. The van der Waals surface area contributed by atoms with Gasteiger partial charge < -0.3 is 15.3 Å². The second kappa shape index (κ2) is 10.7. The summed E-state index contributed by atoms with van der Waals surface area (Å²) in [4.78, 5) is 37.8. The molecule has 0 saturated heterocycles. The highest BCUT2D eigenvalue weighted by Crippen LogP contribution is 2.18. The van der Waals surface area contributed by atoms with Crippen molar-refractivity contribution in [1.29, 1.82) is 0 Å². The van der Waals surface area contributed by atoms with Crippen molar-refractivity contribution in [3.8, 4) is 23.7 Å². The molecule has 1 rings (SSSR count). The number of unbranched alkanes of at least 4 members (excludes halogenated alkanes) is 1. The first-order valence-electron chi connectivity index (χ1n) is 8.47. The van der Waals surface area contributed by atoms with Gasteiger partial charge >= 0.3 is 0 Å². The van der Waals surface area contributed by atoms with Gasteiger partial charge in [-0.05, 0) is 49.5 Å². The van der Waals surface area contributed by atoms with Crippen molar-refractivity contribution < 1.29 is 24.7 Å². The van der Waals surface area contributed by atoms with Crippen LogP contribution in [0.25, 0.3) is 0 Å². The summed E-state index contributed by atoms with van der Waals surface area (Å²) in [7, 11) is 2.62. The molecule has 1 unspecified atom stereocenters. The molecular formula is C20H23N3O5. The lowest BCUT2D eigenvalue weighted by molar-refractivity contribution is -0.148. The van der Waals surface area contributed by atoms with E-state index in [0.29, 0.717) is 18.4 Å². The lowest BCUT2D eigenvalue weighted by Gasteiger charge is -2.34. The first-order valence-corrected chi connectivity index (χ1v) is 8.47. The van der Waals surface area contributed by atoms with Gasteiger partial charge in [0.1, 0.15) is 0 Å². The monoisotopic (exact) mass is 385 g/mol. The molecule has 4 N–H and O–H groups in total. The van der Waals surface area contributed by atoms with E-state index < -0.39 is 23.3 Å². The van der Waals surface area contributed by atoms with Crippen LogP contribution in [0, 0.1) is 23.7 Å². The molecule has 28 heavy (non-hydrogen) atoms. The average molecular weight is 385 g/mol. The fourth-order valence-electron chi connectivity index (χ4n) is 2.23. The molecule has 1 atom stereocenters. The molecule has 0 bridgehead atoms. The Balaban J connectivity index is 2.99. The van der Waals surface area contributed by atoms with Crippen LogP contribution >= 0.6 is 0 Å². The zero-order chi connectivity index (χ0) is 21.2. The maximum Gasteiger partial charge on any atom is 0.278 e. The van der Waals surface area contributed by atoms with Crippen molar-refractivity contribution in [2.24, 2.45) is 0 Å². The molecule has 0 aliphatic heterocycles. The fourth-order valence-corrected chi connectivity index (χ4v) is 2.23. The summed E-state index contributed by atoms with van der Waals surface area (Å²) >= 11 is 0. The van der Waals surface area contributed by atoms with Gasteiger partial charge in [-0.1, -0.05) is 11.8 Å². The number of hydroxylamine groups is 1.